The van der Waals surface area contributed by atoms with Gasteiger partial charge in [-0.3, -0.25) is 4.79 Å². The fraction of sp³-hybridized carbons (Fsp3) is 0.412. The Morgan fingerprint density at radius 1 is 1.45 bits per heavy atom. The third-order valence-corrected chi connectivity index (χ3v) is 4.06. The molecule has 22 heavy (non-hydrogen) atoms. The Morgan fingerprint density at radius 3 is 3.09 bits per heavy atom. The highest BCUT2D eigenvalue weighted by Crippen LogP contribution is 2.23. The summed E-state index contributed by atoms with van der Waals surface area (Å²) in [5.41, 5.74) is 0.922. The van der Waals surface area contributed by atoms with Crippen LogP contribution in [0, 0.1) is 12.8 Å². The van der Waals surface area contributed by atoms with E-state index in [9.17, 15) is 4.79 Å². The van der Waals surface area contributed by atoms with Gasteiger partial charge in [0.25, 0.3) is 0 Å². The lowest BCUT2D eigenvalue weighted by molar-refractivity contribution is -0.150. The predicted octanol–water partition coefficient (Wildman–Crippen LogP) is 2.94. The molecule has 116 valence electrons. The molecular weight excluding hydrogens is 280 g/mol. The topological polar surface area (TPSA) is 55.6 Å². The Bertz CT molecular complexity index is 624. The summed E-state index contributed by atoms with van der Waals surface area (Å²) >= 11 is 0. The summed E-state index contributed by atoms with van der Waals surface area (Å²) in [6.45, 7) is 3.75. The van der Waals surface area contributed by atoms with E-state index in [0.29, 0.717) is 6.54 Å². The maximum atomic E-state index is 12.3. The minimum absolute atomic E-state index is 0.0945. The average Bonchev–Trinajstić information content (AvgIpc) is 2.99. The van der Waals surface area contributed by atoms with Crippen molar-refractivity contribution < 1.29 is 13.9 Å². The summed E-state index contributed by atoms with van der Waals surface area (Å²) in [6.07, 6.45) is 5.23. The third-order valence-electron chi connectivity index (χ3n) is 4.06. The van der Waals surface area contributed by atoms with E-state index >= 15 is 0 Å². The van der Waals surface area contributed by atoms with E-state index in [0.717, 1.165) is 36.5 Å². The van der Waals surface area contributed by atoms with E-state index in [2.05, 4.69) is 9.88 Å². The number of piperidine rings is 1. The van der Waals surface area contributed by atoms with Gasteiger partial charge in [0.15, 0.2) is 0 Å². The average molecular weight is 300 g/mol. The molecule has 1 aliphatic heterocycles. The summed E-state index contributed by atoms with van der Waals surface area (Å²) < 4.78 is 10.7. The van der Waals surface area contributed by atoms with E-state index in [1.165, 1.54) is 0 Å². The molecule has 0 saturated carbocycles. The van der Waals surface area contributed by atoms with Crippen LogP contribution in [0.25, 0.3) is 0 Å². The molecule has 0 bridgehead atoms. The molecular formula is C17H20N2O3. The number of hydrogen-bond acceptors (Lipinski definition) is 5. The quantitative estimate of drug-likeness (QED) is 0.813. The van der Waals surface area contributed by atoms with E-state index in [1.807, 2.05) is 31.2 Å². The van der Waals surface area contributed by atoms with Crippen molar-refractivity contribution in [3.63, 3.8) is 0 Å². The van der Waals surface area contributed by atoms with E-state index < -0.39 is 0 Å². The van der Waals surface area contributed by atoms with Crippen LogP contribution >= 0.6 is 0 Å². The summed E-state index contributed by atoms with van der Waals surface area (Å²) in [5, 5.41) is 0. The zero-order valence-electron chi connectivity index (χ0n) is 12.7. The van der Waals surface area contributed by atoms with Gasteiger partial charge in [0, 0.05) is 24.8 Å². The Labute approximate surface area is 129 Å². The second-order valence-corrected chi connectivity index (χ2v) is 5.58. The monoisotopic (exact) mass is 300 g/mol. The van der Waals surface area contributed by atoms with Gasteiger partial charge >= 0.3 is 5.97 Å². The number of furan rings is 1. The highest BCUT2D eigenvalue weighted by atomic mass is 16.5. The second kappa shape index (κ2) is 6.64. The molecule has 3 rings (SSSR count). The fourth-order valence-electron chi connectivity index (χ4n) is 2.75. The lowest BCUT2D eigenvalue weighted by Gasteiger charge is -2.32. The van der Waals surface area contributed by atoms with E-state index in [-0.39, 0.29) is 18.5 Å². The molecule has 2 aromatic heterocycles. The maximum Gasteiger partial charge on any atom is 0.311 e. The molecule has 1 saturated heterocycles. The Hall–Kier alpha value is -2.30. The largest absolute Gasteiger partial charge is 0.469 e. The minimum Gasteiger partial charge on any atom is -0.469 e. The van der Waals surface area contributed by atoms with Crippen molar-refractivity contribution in [2.45, 2.75) is 26.4 Å². The van der Waals surface area contributed by atoms with Crippen molar-refractivity contribution in [1.29, 1.82) is 0 Å². The molecule has 0 aromatic carbocycles. The summed E-state index contributed by atoms with van der Waals surface area (Å²) in [5.74, 6) is 1.49. The summed E-state index contributed by atoms with van der Waals surface area (Å²) in [4.78, 5) is 18.8. The second-order valence-electron chi connectivity index (χ2n) is 5.58. The number of ether oxygens (including phenoxy) is 1. The van der Waals surface area contributed by atoms with Crippen molar-refractivity contribution in [2.24, 2.45) is 5.92 Å². The first-order valence-electron chi connectivity index (χ1n) is 7.59. The molecule has 2 aromatic rings. The Balaban J connectivity index is 1.57. The SMILES string of the molecule is Cc1occc1COC(=O)[C@H]1CCCN(c2ccccn2)C1. The molecule has 1 fully saturated rings. The van der Waals surface area contributed by atoms with Crippen LogP contribution in [0.5, 0.6) is 0 Å². The van der Waals surface area contributed by atoms with Crippen LogP contribution in [0.4, 0.5) is 5.82 Å². The maximum absolute atomic E-state index is 12.3. The van der Waals surface area contributed by atoms with Crippen LogP contribution in [-0.4, -0.2) is 24.0 Å². The van der Waals surface area contributed by atoms with Crippen LogP contribution in [0.15, 0.2) is 41.1 Å². The number of hydrogen-bond donors (Lipinski definition) is 0. The fourth-order valence-corrected chi connectivity index (χ4v) is 2.75. The first-order chi connectivity index (χ1) is 10.7. The molecule has 3 heterocycles. The number of nitrogens with zero attached hydrogens (tertiary/aromatic N) is 2. The number of rotatable bonds is 4. The molecule has 0 N–H and O–H groups in total. The van der Waals surface area contributed by atoms with Gasteiger partial charge < -0.3 is 14.1 Å². The predicted molar refractivity (Wildman–Crippen MR) is 82.4 cm³/mol. The van der Waals surface area contributed by atoms with Crippen LogP contribution < -0.4 is 4.90 Å². The van der Waals surface area contributed by atoms with Crippen molar-refractivity contribution in [1.82, 2.24) is 4.98 Å². The molecule has 0 amide bonds. The number of anilines is 1. The smallest absolute Gasteiger partial charge is 0.311 e. The molecule has 0 spiro atoms. The number of aryl methyl sites for hydroxylation is 1. The highest BCUT2D eigenvalue weighted by Gasteiger charge is 2.27. The molecule has 1 atom stereocenters. The van der Waals surface area contributed by atoms with Crippen LogP contribution in [-0.2, 0) is 16.1 Å². The highest BCUT2D eigenvalue weighted by molar-refractivity contribution is 5.73. The molecule has 5 nitrogen and oxygen atoms in total. The molecule has 0 aliphatic carbocycles. The van der Waals surface area contributed by atoms with Gasteiger partial charge in [0.1, 0.15) is 18.2 Å². The van der Waals surface area contributed by atoms with Gasteiger partial charge in [0.2, 0.25) is 0 Å². The van der Waals surface area contributed by atoms with Crippen LogP contribution in [0.2, 0.25) is 0 Å². The van der Waals surface area contributed by atoms with Crippen LogP contribution in [0.3, 0.4) is 0 Å². The van der Waals surface area contributed by atoms with Crippen molar-refractivity contribution in [2.75, 3.05) is 18.0 Å². The summed E-state index contributed by atoms with van der Waals surface area (Å²) in [7, 11) is 0. The number of pyridine rings is 1. The molecule has 0 unspecified atom stereocenters. The minimum atomic E-state index is -0.138. The Morgan fingerprint density at radius 2 is 2.36 bits per heavy atom. The lowest BCUT2D eigenvalue weighted by Crippen LogP contribution is -2.39. The van der Waals surface area contributed by atoms with Gasteiger partial charge in [-0.2, -0.15) is 0 Å². The number of carbonyl (C=O) groups is 1. The van der Waals surface area contributed by atoms with Crippen LogP contribution in [0.1, 0.15) is 24.2 Å². The van der Waals surface area contributed by atoms with Crippen molar-refractivity contribution >= 4 is 11.8 Å². The van der Waals surface area contributed by atoms with Gasteiger partial charge in [-0.05, 0) is 38.0 Å². The van der Waals surface area contributed by atoms with Crippen molar-refractivity contribution in [3.8, 4) is 0 Å². The van der Waals surface area contributed by atoms with Gasteiger partial charge in [0.05, 0.1) is 12.2 Å². The summed E-state index contributed by atoms with van der Waals surface area (Å²) in [6, 6.07) is 7.67. The number of esters is 1. The number of carbonyl (C=O) groups excluding carboxylic acids is 1. The Kier molecular flexibility index (Phi) is 4.42. The number of aromatic nitrogens is 1. The normalized spacial score (nSPS) is 18.2. The van der Waals surface area contributed by atoms with E-state index in [1.54, 1.807) is 12.5 Å². The van der Waals surface area contributed by atoms with Gasteiger partial charge in [-0.25, -0.2) is 4.98 Å². The van der Waals surface area contributed by atoms with E-state index in [4.69, 9.17) is 9.15 Å². The molecule has 1 aliphatic rings. The first kappa shape index (κ1) is 14.6. The molecule has 0 radical (unpaired) electrons. The van der Waals surface area contributed by atoms with Crippen molar-refractivity contribution in [3.05, 3.63) is 48.0 Å². The lowest BCUT2D eigenvalue weighted by atomic mass is 9.98. The standard InChI is InChI=1S/C17H20N2O3/c1-13-15(7-10-21-13)12-22-17(20)14-5-4-9-19(11-14)16-6-2-3-8-18-16/h2-3,6-8,10,14H,4-5,9,11-12H2,1H3/t14-/m0/s1. The zero-order chi connectivity index (χ0) is 15.4. The van der Waals surface area contributed by atoms with Gasteiger partial charge in [-0.1, -0.05) is 6.07 Å². The zero-order valence-corrected chi connectivity index (χ0v) is 12.7. The first-order valence-corrected chi connectivity index (χ1v) is 7.59. The molecule has 5 heteroatoms. The third kappa shape index (κ3) is 3.30. The van der Waals surface area contributed by atoms with Gasteiger partial charge in [-0.15, -0.1) is 0 Å².